The van der Waals surface area contributed by atoms with Crippen LogP contribution in [0.25, 0.3) is 0 Å². The molecule has 0 heterocycles. The van der Waals surface area contributed by atoms with Crippen LogP contribution in [0.1, 0.15) is 41.7 Å². The summed E-state index contributed by atoms with van der Waals surface area (Å²) >= 11 is 0. The van der Waals surface area contributed by atoms with E-state index in [1.165, 1.54) is 0 Å². The van der Waals surface area contributed by atoms with E-state index in [4.69, 9.17) is 5.11 Å². The molecular formula is C12H17NO2. The van der Waals surface area contributed by atoms with Crippen LogP contribution in [0.3, 0.4) is 0 Å². The van der Waals surface area contributed by atoms with Crippen LogP contribution in [0.2, 0.25) is 0 Å². The van der Waals surface area contributed by atoms with Gasteiger partial charge in [-0.15, -0.1) is 0 Å². The van der Waals surface area contributed by atoms with Crippen molar-refractivity contribution in [2.24, 2.45) is 0 Å². The van der Waals surface area contributed by atoms with Crippen LogP contribution in [0.5, 0.6) is 0 Å². The average Bonchev–Trinajstić information content (AvgIpc) is 2.26. The molecule has 0 saturated carbocycles. The third-order valence-electron chi connectivity index (χ3n) is 2.49. The van der Waals surface area contributed by atoms with Gasteiger partial charge >= 0.3 is 5.97 Å². The number of benzene rings is 1. The third-order valence-corrected chi connectivity index (χ3v) is 2.49. The second-order valence-corrected chi connectivity index (χ2v) is 3.56. The number of aromatic carboxylic acids is 1. The first-order chi connectivity index (χ1) is 7.19. The summed E-state index contributed by atoms with van der Waals surface area (Å²) in [6, 6.07) is 7.37. The molecule has 0 bridgehead atoms. The number of hydrogen-bond acceptors (Lipinski definition) is 2. The van der Waals surface area contributed by atoms with Crippen LogP contribution in [0, 0.1) is 0 Å². The van der Waals surface area contributed by atoms with Gasteiger partial charge in [0.15, 0.2) is 0 Å². The molecule has 0 aliphatic carbocycles. The maximum absolute atomic E-state index is 10.7. The van der Waals surface area contributed by atoms with Crippen molar-refractivity contribution in [2.45, 2.75) is 25.8 Å². The lowest BCUT2D eigenvalue weighted by Gasteiger charge is -2.15. The quantitative estimate of drug-likeness (QED) is 0.779. The molecule has 0 aliphatic rings. The highest BCUT2D eigenvalue weighted by atomic mass is 16.4. The van der Waals surface area contributed by atoms with E-state index in [9.17, 15) is 4.79 Å². The second kappa shape index (κ2) is 5.51. The normalized spacial score (nSPS) is 12.4. The lowest BCUT2D eigenvalue weighted by atomic mass is 10.0. The van der Waals surface area contributed by atoms with E-state index in [-0.39, 0.29) is 0 Å². The smallest absolute Gasteiger partial charge is 0.335 e. The van der Waals surface area contributed by atoms with Gasteiger partial charge in [0.05, 0.1) is 5.56 Å². The maximum Gasteiger partial charge on any atom is 0.335 e. The van der Waals surface area contributed by atoms with Gasteiger partial charge in [-0.3, -0.25) is 0 Å². The zero-order valence-corrected chi connectivity index (χ0v) is 9.16. The van der Waals surface area contributed by atoms with Crippen molar-refractivity contribution in [1.29, 1.82) is 0 Å². The largest absolute Gasteiger partial charge is 0.478 e. The summed E-state index contributed by atoms with van der Waals surface area (Å²) in [6.45, 7) is 2.13. The number of carbonyl (C=O) groups is 1. The molecule has 0 amide bonds. The molecule has 0 aromatic heterocycles. The molecule has 0 radical (unpaired) electrons. The van der Waals surface area contributed by atoms with Crippen LogP contribution in [-0.2, 0) is 0 Å². The van der Waals surface area contributed by atoms with E-state index < -0.39 is 5.97 Å². The lowest BCUT2D eigenvalue weighted by Crippen LogP contribution is -2.16. The predicted molar refractivity (Wildman–Crippen MR) is 60.1 cm³/mol. The van der Waals surface area contributed by atoms with E-state index in [2.05, 4.69) is 12.2 Å². The summed E-state index contributed by atoms with van der Waals surface area (Å²) in [7, 11) is 1.92. The first kappa shape index (κ1) is 11.7. The molecule has 0 spiro atoms. The molecule has 1 atom stereocenters. The second-order valence-electron chi connectivity index (χ2n) is 3.56. The Labute approximate surface area is 90.1 Å². The maximum atomic E-state index is 10.7. The lowest BCUT2D eigenvalue weighted by molar-refractivity contribution is 0.0697. The van der Waals surface area contributed by atoms with E-state index in [1.807, 2.05) is 19.2 Å². The Hall–Kier alpha value is -1.35. The van der Waals surface area contributed by atoms with E-state index in [0.717, 1.165) is 18.4 Å². The van der Waals surface area contributed by atoms with Crippen LogP contribution < -0.4 is 5.32 Å². The molecule has 1 unspecified atom stereocenters. The van der Waals surface area contributed by atoms with Gasteiger partial charge in [0.25, 0.3) is 0 Å². The molecular weight excluding hydrogens is 190 g/mol. The van der Waals surface area contributed by atoms with Gasteiger partial charge in [-0.05, 0) is 31.2 Å². The van der Waals surface area contributed by atoms with Crippen molar-refractivity contribution in [1.82, 2.24) is 5.32 Å². The first-order valence-corrected chi connectivity index (χ1v) is 5.19. The standard InChI is InChI=1S/C12H17NO2/c1-3-4-11(13-2)9-5-7-10(8-6-9)12(14)15/h5-8,11,13H,3-4H2,1-2H3,(H,14,15). The Morgan fingerprint density at radius 1 is 1.40 bits per heavy atom. The van der Waals surface area contributed by atoms with Crippen molar-refractivity contribution in [2.75, 3.05) is 7.05 Å². The van der Waals surface area contributed by atoms with Crippen molar-refractivity contribution in [3.8, 4) is 0 Å². The fourth-order valence-electron chi connectivity index (χ4n) is 1.62. The summed E-state index contributed by atoms with van der Waals surface area (Å²) in [4.78, 5) is 10.7. The van der Waals surface area contributed by atoms with Crippen LogP contribution in [0.15, 0.2) is 24.3 Å². The van der Waals surface area contributed by atoms with Crippen LogP contribution in [-0.4, -0.2) is 18.1 Å². The fourth-order valence-corrected chi connectivity index (χ4v) is 1.62. The molecule has 1 rings (SSSR count). The zero-order chi connectivity index (χ0) is 11.3. The van der Waals surface area contributed by atoms with Crippen molar-refractivity contribution >= 4 is 5.97 Å². The molecule has 3 heteroatoms. The topological polar surface area (TPSA) is 49.3 Å². The van der Waals surface area contributed by atoms with E-state index >= 15 is 0 Å². The minimum absolute atomic E-state index is 0.317. The zero-order valence-electron chi connectivity index (χ0n) is 9.16. The molecule has 0 saturated heterocycles. The Balaban J connectivity index is 2.81. The molecule has 1 aromatic carbocycles. The first-order valence-electron chi connectivity index (χ1n) is 5.19. The van der Waals surface area contributed by atoms with Gasteiger partial charge in [0.1, 0.15) is 0 Å². The third kappa shape index (κ3) is 3.06. The minimum Gasteiger partial charge on any atom is -0.478 e. The summed E-state index contributed by atoms with van der Waals surface area (Å²) in [5, 5.41) is 12.0. The monoisotopic (exact) mass is 207 g/mol. The van der Waals surface area contributed by atoms with E-state index in [1.54, 1.807) is 12.1 Å². The van der Waals surface area contributed by atoms with Crippen LogP contribution in [0.4, 0.5) is 0 Å². The van der Waals surface area contributed by atoms with Gasteiger partial charge in [0.2, 0.25) is 0 Å². The molecule has 82 valence electrons. The summed E-state index contributed by atoms with van der Waals surface area (Å²) in [6.07, 6.45) is 2.16. The molecule has 1 aromatic rings. The predicted octanol–water partition coefficient (Wildman–Crippen LogP) is 2.45. The Morgan fingerprint density at radius 2 is 2.00 bits per heavy atom. The van der Waals surface area contributed by atoms with Gasteiger partial charge in [0, 0.05) is 6.04 Å². The number of nitrogens with one attached hydrogen (secondary N) is 1. The van der Waals surface area contributed by atoms with Crippen molar-refractivity contribution in [3.63, 3.8) is 0 Å². The van der Waals surface area contributed by atoms with Crippen molar-refractivity contribution < 1.29 is 9.90 Å². The number of carboxylic acids is 1. The Morgan fingerprint density at radius 3 is 2.40 bits per heavy atom. The van der Waals surface area contributed by atoms with Gasteiger partial charge < -0.3 is 10.4 Å². The SMILES string of the molecule is CCCC(NC)c1ccc(C(=O)O)cc1. The molecule has 0 fully saturated rings. The minimum atomic E-state index is -0.877. The Bertz CT molecular complexity index is 319. The average molecular weight is 207 g/mol. The highest BCUT2D eigenvalue weighted by Gasteiger charge is 2.08. The summed E-state index contributed by atoms with van der Waals surface area (Å²) in [5.41, 5.74) is 1.48. The van der Waals surface area contributed by atoms with Gasteiger partial charge in [-0.2, -0.15) is 0 Å². The highest BCUT2D eigenvalue weighted by Crippen LogP contribution is 2.18. The highest BCUT2D eigenvalue weighted by molar-refractivity contribution is 5.87. The number of rotatable bonds is 5. The van der Waals surface area contributed by atoms with Gasteiger partial charge in [-0.1, -0.05) is 25.5 Å². The molecule has 2 N–H and O–H groups in total. The summed E-state index contributed by atoms with van der Waals surface area (Å²) in [5.74, 6) is -0.877. The number of hydrogen-bond donors (Lipinski definition) is 2. The van der Waals surface area contributed by atoms with E-state index in [0.29, 0.717) is 11.6 Å². The van der Waals surface area contributed by atoms with Crippen molar-refractivity contribution in [3.05, 3.63) is 35.4 Å². The number of carboxylic acid groups (broad SMARTS) is 1. The summed E-state index contributed by atoms with van der Waals surface area (Å²) < 4.78 is 0. The molecule has 0 aliphatic heterocycles. The molecule has 3 nitrogen and oxygen atoms in total. The van der Waals surface area contributed by atoms with Crippen LogP contribution >= 0.6 is 0 Å². The molecule has 15 heavy (non-hydrogen) atoms. The van der Waals surface area contributed by atoms with Gasteiger partial charge in [-0.25, -0.2) is 4.79 Å². The fraction of sp³-hybridized carbons (Fsp3) is 0.417. The Kier molecular flexibility index (Phi) is 4.31.